The number of hydrogen-bond donors (Lipinski definition) is 0. The van der Waals surface area contributed by atoms with Crippen molar-refractivity contribution >= 4 is 5.69 Å². The average Bonchev–Trinajstić information content (AvgIpc) is 3.29. The topological polar surface area (TPSA) is 46.4 Å². The van der Waals surface area contributed by atoms with E-state index < -0.39 is 0 Å². The van der Waals surface area contributed by atoms with Gasteiger partial charge in [0.15, 0.2) is 0 Å². The molecule has 1 unspecified atom stereocenters. The van der Waals surface area contributed by atoms with Gasteiger partial charge in [0.1, 0.15) is 0 Å². The van der Waals surface area contributed by atoms with E-state index in [0.29, 0.717) is 12.0 Å². The van der Waals surface area contributed by atoms with Crippen LogP contribution < -0.4 is 0 Å². The van der Waals surface area contributed by atoms with Crippen molar-refractivity contribution < 1.29 is 4.92 Å². The largest absolute Gasteiger partial charge is 0.299 e. The van der Waals surface area contributed by atoms with E-state index in [1.165, 1.54) is 30.5 Å². The molecule has 2 bridgehead atoms. The number of nitro benzene ring substituents is 1. The summed E-state index contributed by atoms with van der Waals surface area (Å²) in [6.45, 7) is 7.07. The first-order chi connectivity index (χ1) is 10.5. The second-order valence-electron chi connectivity index (χ2n) is 7.76. The number of rotatable bonds is 3. The van der Waals surface area contributed by atoms with Gasteiger partial charge in [-0.1, -0.05) is 19.9 Å². The molecule has 22 heavy (non-hydrogen) atoms. The highest BCUT2D eigenvalue weighted by Gasteiger charge is 2.49. The van der Waals surface area contributed by atoms with E-state index in [4.69, 9.17) is 0 Å². The monoisotopic (exact) mass is 300 g/mol. The van der Waals surface area contributed by atoms with Gasteiger partial charge in [0.2, 0.25) is 0 Å². The third kappa shape index (κ3) is 2.08. The van der Waals surface area contributed by atoms with Gasteiger partial charge in [-0.3, -0.25) is 15.0 Å². The summed E-state index contributed by atoms with van der Waals surface area (Å²) in [6, 6.07) is 6.14. The summed E-state index contributed by atoms with van der Waals surface area (Å²) in [5.41, 5.74) is 2.89. The van der Waals surface area contributed by atoms with Crippen LogP contribution in [-0.4, -0.2) is 29.0 Å². The Hall–Kier alpha value is -1.42. The highest BCUT2D eigenvalue weighted by atomic mass is 16.6. The van der Waals surface area contributed by atoms with Crippen molar-refractivity contribution in [3.8, 4) is 0 Å². The molecule has 118 valence electrons. The zero-order valence-electron chi connectivity index (χ0n) is 13.4. The third-order valence-corrected chi connectivity index (χ3v) is 6.51. The molecular formula is C18H24N2O2. The fourth-order valence-corrected chi connectivity index (χ4v) is 4.67. The van der Waals surface area contributed by atoms with E-state index in [-0.39, 0.29) is 16.0 Å². The summed E-state index contributed by atoms with van der Waals surface area (Å²) < 4.78 is 0. The van der Waals surface area contributed by atoms with Crippen molar-refractivity contribution in [3.63, 3.8) is 0 Å². The number of piperidine rings is 1. The number of nitro groups is 1. The summed E-state index contributed by atoms with van der Waals surface area (Å²) in [7, 11) is 0. The summed E-state index contributed by atoms with van der Waals surface area (Å²) in [5, 5.41) is 11.1. The lowest BCUT2D eigenvalue weighted by atomic mass is 9.59. The molecule has 4 rings (SSSR count). The van der Waals surface area contributed by atoms with Crippen LogP contribution in [-0.2, 0) is 11.8 Å². The molecule has 4 heteroatoms. The highest BCUT2D eigenvalue weighted by Crippen LogP contribution is 2.50. The molecule has 0 N–H and O–H groups in total. The maximum atomic E-state index is 11.1. The van der Waals surface area contributed by atoms with E-state index in [1.807, 2.05) is 12.1 Å². The molecule has 1 heterocycles. The van der Waals surface area contributed by atoms with E-state index in [0.717, 1.165) is 25.3 Å². The van der Waals surface area contributed by atoms with Gasteiger partial charge in [-0.25, -0.2) is 0 Å². The first-order valence-corrected chi connectivity index (χ1v) is 8.51. The summed E-state index contributed by atoms with van der Waals surface area (Å²) >= 11 is 0. The van der Waals surface area contributed by atoms with Crippen molar-refractivity contribution in [2.45, 2.75) is 51.0 Å². The Morgan fingerprint density at radius 2 is 2.18 bits per heavy atom. The van der Waals surface area contributed by atoms with Gasteiger partial charge >= 0.3 is 0 Å². The van der Waals surface area contributed by atoms with Crippen molar-refractivity contribution in [1.82, 2.24) is 4.90 Å². The van der Waals surface area contributed by atoms with E-state index in [2.05, 4.69) is 18.7 Å². The van der Waals surface area contributed by atoms with Crippen molar-refractivity contribution in [3.05, 3.63) is 39.4 Å². The normalized spacial score (nSPS) is 34.3. The molecule has 1 aromatic rings. The third-order valence-electron chi connectivity index (χ3n) is 6.51. The van der Waals surface area contributed by atoms with Gasteiger partial charge < -0.3 is 0 Å². The molecule has 3 aliphatic rings. The van der Waals surface area contributed by atoms with Crippen LogP contribution in [0.1, 0.15) is 44.2 Å². The van der Waals surface area contributed by atoms with E-state index >= 15 is 0 Å². The number of nitrogens with zero attached hydrogens (tertiary/aromatic N) is 2. The zero-order valence-corrected chi connectivity index (χ0v) is 13.4. The number of fused-ring (bicyclic) bond motifs is 4. The minimum atomic E-state index is -0.261. The van der Waals surface area contributed by atoms with Crippen molar-refractivity contribution in [2.24, 2.45) is 11.8 Å². The smallest absolute Gasteiger partial charge is 0.269 e. The second kappa shape index (κ2) is 4.79. The molecule has 0 radical (unpaired) electrons. The highest BCUT2D eigenvalue weighted by molar-refractivity contribution is 5.47. The molecule has 4 nitrogen and oxygen atoms in total. The van der Waals surface area contributed by atoms with Gasteiger partial charge in [-0.15, -0.1) is 0 Å². The summed E-state index contributed by atoms with van der Waals surface area (Å²) in [5.74, 6) is 1.49. The molecule has 0 spiro atoms. The quantitative estimate of drug-likeness (QED) is 0.633. The molecule has 3 atom stereocenters. The molecule has 2 fully saturated rings. The first-order valence-electron chi connectivity index (χ1n) is 8.51. The van der Waals surface area contributed by atoms with Crippen LogP contribution in [0.2, 0.25) is 0 Å². The standard InChI is InChI=1S/C18H24N2O2/c1-12-17-9-14-5-6-15(20(21)22)10-16(14)18(12,2)7-8-19(17)11-13-3-4-13/h5-6,10,12-13,17H,3-4,7-9,11H2,1-2H3/t12-,17?,18+/m1/s1. The Kier molecular flexibility index (Phi) is 3.09. The van der Waals surface area contributed by atoms with Crippen molar-refractivity contribution in [1.29, 1.82) is 0 Å². The lowest BCUT2D eigenvalue weighted by molar-refractivity contribution is -0.385. The molecular weight excluding hydrogens is 276 g/mol. The van der Waals surface area contributed by atoms with Gasteiger partial charge in [-0.2, -0.15) is 0 Å². The van der Waals surface area contributed by atoms with Crippen LogP contribution in [0.15, 0.2) is 18.2 Å². The lowest BCUT2D eigenvalue weighted by Gasteiger charge is -2.54. The molecule has 0 amide bonds. The summed E-state index contributed by atoms with van der Waals surface area (Å²) in [6.07, 6.45) is 4.97. The predicted molar refractivity (Wildman–Crippen MR) is 86.0 cm³/mol. The Labute approximate surface area is 131 Å². The molecule has 2 aliphatic carbocycles. The van der Waals surface area contributed by atoms with Gasteiger partial charge in [0, 0.05) is 24.7 Å². The average molecular weight is 300 g/mol. The van der Waals surface area contributed by atoms with Crippen LogP contribution >= 0.6 is 0 Å². The predicted octanol–water partition coefficient (Wildman–Crippen LogP) is 3.53. The molecule has 1 saturated carbocycles. The molecule has 0 aromatic heterocycles. The van der Waals surface area contributed by atoms with E-state index in [1.54, 1.807) is 6.07 Å². The summed E-state index contributed by atoms with van der Waals surface area (Å²) in [4.78, 5) is 13.6. The Balaban J connectivity index is 1.72. The number of likely N-dealkylation sites (tertiary alicyclic amines) is 1. The van der Waals surface area contributed by atoms with Crippen LogP contribution in [0.4, 0.5) is 5.69 Å². The van der Waals surface area contributed by atoms with Crippen molar-refractivity contribution in [2.75, 3.05) is 13.1 Å². The lowest BCUT2D eigenvalue weighted by Crippen LogP contribution is -2.58. The van der Waals surface area contributed by atoms with Crippen LogP contribution in [0, 0.1) is 22.0 Å². The van der Waals surface area contributed by atoms with Gasteiger partial charge in [0.05, 0.1) is 4.92 Å². The minimum Gasteiger partial charge on any atom is -0.299 e. The Morgan fingerprint density at radius 3 is 2.86 bits per heavy atom. The van der Waals surface area contributed by atoms with E-state index in [9.17, 15) is 10.1 Å². The molecule has 1 aliphatic heterocycles. The fourth-order valence-electron chi connectivity index (χ4n) is 4.67. The van der Waals surface area contributed by atoms with Crippen LogP contribution in [0.3, 0.4) is 0 Å². The zero-order chi connectivity index (χ0) is 15.5. The maximum Gasteiger partial charge on any atom is 0.269 e. The number of non-ortho nitro benzene ring substituents is 1. The molecule has 1 aromatic carbocycles. The number of benzene rings is 1. The van der Waals surface area contributed by atoms with Gasteiger partial charge in [0.25, 0.3) is 5.69 Å². The van der Waals surface area contributed by atoms with Crippen LogP contribution in [0.5, 0.6) is 0 Å². The van der Waals surface area contributed by atoms with Gasteiger partial charge in [-0.05, 0) is 60.6 Å². The second-order valence-corrected chi connectivity index (χ2v) is 7.76. The number of hydrogen-bond acceptors (Lipinski definition) is 3. The SMILES string of the molecule is C[C@@H]1C2Cc3ccc([N+](=O)[O-])cc3[C@@]1(C)CCN2CC1CC1. The fraction of sp³-hybridized carbons (Fsp3) is 0.667. The minimum absolute atomic E-state index is 0.0876. The van der Waals surface area contributed by atoms with Crippen LogP contribution in [0.25, 0.3) is 0 Å². The first kappa shape index (κ1) is 14.2. The molecule has 1 saturated heterocycles. The Bertz CT molecular complexity index is 626. The maximum absolute atomic E-state index is 11.1. The Morgan fingerprint density at radius 1 is 1.41 bits per heavy atom.